The Bertz CT molecular complexity index is 872. The molecule has 2 amide bonds. The van der Waals surface area contributed by atoms with E-state index in [1.165, 1.54) is 0 Å². The number of aryl methyl sites for hydroxylation is 1. The summed E-state index contributed by atoms with van der Waals surface area (Å²) in [5.74, 6) is 0.786. The van der Waals surface area contributed by atoms with Crippen molar-refractivity contribution in [3.63, 3.8) is 0 Å². The smallest absolute Gasteiger partial charge is 0.243 e. The van der Waals surface area contributed by atoms with Crippen LogP contribution in [-0.2, 0) is 16.1 Å². The van der Waals surface area contributed by atoms with Crippen LogP contribution in [-0.4, -0.2) is 34.6 Å². The van der Waals surface area contributed by atoms with E-state index < -0.39 is 6.04 Å². The van der Waals surface area contributed by atoms with E-state index in [9.17, 15) is 9.59 Å². The van der Waals surface area contributed by atoms with Crippen molar-refractivity contribution in [1.82, 2.24) is 10.2 Å². The summed E-state index contributed by atoms with van der Waals surface area (Å²) >= 11 is 7.66. The van der Waals surface area contributed by atoms with Gasteiger partial charge in [-0.1, -0.05) is 55.3 Å². The molecule has 0 aliphatic rings. The van der Waals surface area contributed by atoms with Crippen LogP contribution in [0.3, 0.4) is 0 Å². The topological polar surface area (TPSA) is 49.4 Å². The predicted molar refractivity (Wildman–Crippen MR) is 135 cm³/mol. The Hall–Kier alpha value is -1.98. The number of amides is 2. The molecule has 2 rings (SSSR count). The number of halogens is 1. The van der Waals surface area contributed by atoms with Gasteiger partial charge in [-0.3, -0.25) is 9.59 Å². The van der Waals surface area contributed by atoms with Crippen LogP contribution in [0.1, 0.15) is 57.6 Å². The van der Waals surface area contributed by atoms with Gasteiger partial charge in [0.15, 0.2) is 0 Å². The first-order chi connectivity index (χ1) is 15.3. The third kappa shape index (κ3) is 8.51. The van der Waals surface area contributed by atoms with Crippen LogP contribution < -0.4 is 5.32 Å². The van der Waals surface area contributed by atoms with Crippen molar-refractivity contribution < 1.29 is 9.59 Å². The molecule has 0 saturated heterocycles. The van der Waals surface area contributed by atoms with Crippen LogP contribution in [0, 0.1) is 6.92 Å². The van der Waals surface area contributed by atoms with E-state index in [2.05, 4.69) is 11.4 Å². The number of rotatable bonds is 12. The molecule has 4 nitrogen and oxygen atoms in total. The number of hydrogen-bond donors (Lipinski definition) is 1. The van der Waals surface area contributed by atoms with Gasteiger partial charge in [-0.25, -0.2) is 0 Å². The van der Waals surface area contributed by atoms with E-state index in [4.69, 9.17) is 11.6 Å². The molecule has 6 heteroatoms. The summed E-state index contributed by atoms with van der Waals surface area (Å²) in [5, 5.41) is 3.78. The molecule has 0 aromatic heterocycles. The molecule has 0 aliphatic heterocycles. The zero-order chi connectivity index (χ0) is 23.5. The Labute approximate surface area is 202 Å². The van der Waals surface area contributed by atoms with E-state index in [0.717, 1.165) is 39.6 Å². The fourth-order valence-corrected chi connectivity index (χ4v) is 4.43. The minimum atomic E-state index is -0.471. The number of hydrogen-bond acceptors (Lipinski definition) is 3. The molecule has 174 valence electrons. The van der Waals surface area contributed by atoms with E-state index in [1.807, 2.05) is 70.2 Å². The average Bonchev–Trinajstić information content (AvgIpc) is 2.77. The Morgan fingerprint density at radius 1 is 1.09 bits per heavy atom. The number of thioether (sulfide) groups is 1. The summed E-state index contributed by atoms with van der Waals surface area (Å²) in [7, 11) is 0. The number of nitrogens with zero attached hydrogens (tertiary/aromatic N) is 1. The Kier molecular flexibility index (Phi) is 11.1. The van der Waals surface area contributed by atoms with Crippen LogP contribution in [0.15, 0.2) is 53.4 Å². The second-order valence-electron chi connectivity index (χ2n) is 8.16. The summed E-state index contributed by atoms with van der Waals surface area (Å²) in [6, 6.07) is 15.5. The predicted octanol–water partition coefficient (Wildman–Crippen LogP) is 6.24. The van der Waals surface area contributed by atoms with Crippen LogP contribution in [0.25, 0.3) is 0 Å². The van der Waals surface area contributed by atoms with Crippen molar-refractivity contribution in [3.8, 4) is 0 Å². The van der Waals surface area contributed by atoms with Crippen molar-refractivity contribution in [1.29, 1.82) is 0 Å². The van der Waals surface area contributed by atoms with E-state index >= 15 is 0 Å². The fourth-order valence-electron chi connectivity index (χ4n) is 3.46. The molecule has 0 radical (unpaired) electrons. The highest BCUT2D eigenvalue weighted by molar-refractivity contribution is 7.99. The largest absolute Gasteiger partial charge is 0.352 e. The third-order valence-corrected chi connectivity index (χ3v) is 6.79. The molecule has 0 aliphatic carbocycles. The second kappa shape index (κ2) is 13.5. The van der Waals surface area contributed by atoms with Gasteiger partial charge >= 0.3 is 0 Å². The molecule has 0 heterocycles. The van der Waals surface area contributed by atoms with Crippen molar-refractivity contribution in [2.45, 2.75) is 76.9 Å². The minimum absolute atomic E-state index is 0.0226. The first-order valence-electron chi connectivity index (χ1n) is 11.4. The quantitative estimate of drug-likeness (QED) is 0.292. The Balaban J connectivity index is 2.06. The van der Waals surface area contributed by atoms with Crippen LogP contribution in [0.5, 0.6) is 0 Å². The highest BCUT2D eigenvalue weighted by Crippen LogP contribution is 2.22. The standard InChI is InChI=1S/C26H35ClN2O2S/c1-5-20(4)28-26(31)24(6-2)29(18-21-10-7-9-19(3)17-21)25(30)11-8-16-32-23-14-12-22(27)13-15-23/h7,9-10,12-15,17,20,24H,5-6,8,11,16,18H2,1-4H3,(H,28,31)/t20-,24-/m1/s1. The average molecular weight is 475 g/mol. The monoisotopic (exact) mass is 474 g/mol. The lowest BCUT2D eigenvalue weighted by molar-refractivity contribution is -0.141. The summed E-state index contributed by atoms with van der Waals surface area (Å²) in [5.41, 5.74) is 2.19. The van der Waals surface area contributed by atoms with Gasteiger partial charge in [-0.05, 0) is 68.7 Å². The van der Waals surface area contributed by atoms with Gasteiger partial charge < -0.3 is 10.2 Å². The van der Waals surface area contributed by atoms with Gasteiger partial charge in [0.2, 0.25) is 11.8 Å². The maximum atomic E-state index is 13.3. The molecular formula is C26H35ClN2O2S. The lowest BCUT2D eigenvalue weighted by Gasteiger charge is -2.31. The first kappa shape index (κ1) is 26.3. The fraction of sp³-hybridized carbons (Fsp3) is 0.462. The molecule has 1 N–H and O–H groups in total. The summed E-state index contributed by atoms with van der Waals surface area (Å²) < 4.78 is 0. The lowest BCUT2D eigenvalue weighted by Crippen LogP contribution is -2.50. The van der Waals surface area contributed by atoms with E-state index in [-0.39, 0.29) is 17.9 Å². The van der Waals surface area contributed by atoms with Gasteiger partial charge in [0, 0.05) is 28.9 Å². The molecule has 0 saturated carbocycles. The molecule has 0 spiro atoms. The van der Waals surface area contributed by atoms with Crippen LogP contribution in [0.4, 0.5) is 0 Å². The van der Waals surface area contributed by atoms with Crippen molar-refractivity contribution in [2.24, 2.45) is 0 Å². The summed E-state index contributed by atoms with van der Waals surface area (Å²) in [6.45, 7) is 8.48. The maximum absolute atomic E-state index is 13.3. The van der Waals surface area contributed by atoms with Gasteiger partial charge in [0.25, 0.3) is 0 Å². The molecule has 0 fully saturated rings. The molecule has 2 atom stereocenters. The van der Waals surface area contributed by atoms with E-state index in [1.54, 1.807) is 16.7 Å². The number of nitrogens with one attached hydrogen (secondary N) is 1. The lowest BCUT2D eigenvalue weighted by atomic mass is 10.1. The molecule has 2 aromatic rings. The molecular weight excluding hydrogens is 440 g/mol. The zero-order valence-corrected chi connectivity index (χ0v) is 21.1. The highest BCUT2D eigenvalue weighted by atomic mass is 35.5. The number of benzene rings is 2. The summed E-state index contributed by atoms with van der Waals surface area (Å²) in [6.07, 6.45) is 2.61. The normalized spacial score (nSPS) is 12.8. The van der Waals surface area contributed by atoms with Gasteiger partial charge in [0.1, 0.15) is 6.04 Å². The van der Waals surface area contributed by atoms with E-state index in [0.29, 0.717) is 19.4 Å². The van der Waals surface area contributed by atoms with Crippen molar-refractivity contribution >= 4 is 35.2 Å². The third-order valence-electron chi connectivity index (χ3n) is 5.44. The highest BCUT2D eigenvalue weighted by Gasteiger charge is 2.28. The van der Waals surface area contributed by atoms with Gasteiger partial charge in [-0.15, -0.1) is 11.8 Å². The van der Waals surface area contributed by atoms with Gasteiger partial charge in [-0.2, -0.15) is 0 Å². The van der Waals surface area contributed by atoms with Crippen molar-refractivity contribution in [3.05, 3.63) is 64.7 Å². The SMILES string of the molecule is CC[C@@H](C)NC(=O)[C@@H](CC)N(Cc1cccc(C)c1)C(=O)CCCSc1ccc(Cl)cc1. The van der Waals surface area contributed by atoms with Gasteiger partial charge in [0.05, 0.1) is 0 Å². The maximum Gasteiger partial charge on any atom is 0.243 e. The minimum Gasteiger partial charge on any atom is -0.352 e. The summed E-state index contributed by atoms with van der Waals surface area (Å²) in [4.78, 5) is 29.1. The molecule has 0 bridgehead atoms. The second-order valence-corrected chi connectivity index (χ2v) is 9.76. The molecule has 2 aromatic carbocycles. The zero-order valence-electron chi connectivity index (χ0n) is 19.6. The number of carbonyl (C=O) groups is 2. The Morgan fingerprint density at radius 2 is 1.81 bits per heavy atom. The molecule has 0 unspecified atom stereocenters. The van der Waals surface area contributed by atoms with Crippen LogP contribution in [0.2, 0.25) is 5.02 Å². The Morgan fingerprint density at radius 3 is 2.44 bits per heavy atom. The first-order valence-corrected chi connectivity index (χ1v) is 12.7. The van der Waals surface area contributed by atoms with Crippen LogP contribution >= 0.6 is 23.4 Å². The number of carbonyl (C=O) groups excluding carboxylic acids is 2. The van der Waals surface area contributed by atoms with Crippen molar-refractivity contribution in [2.75, 3.05) is 5.75 Å². The molecule has 32 heavy (non-hydrogen) atoms.